The van der Waals surface area contributed by atoms with E-state index in [9.17, 15) is 9.59 Å². The van der Waals surface area contributed by atoms with Crippen molar-refractivity contribution >= 4 is 46.4 Å². The normalized spacial score (nSPS) is 10.1. The van der Waals surface area contributed by atoms with Crippen LogP contribution in [0, 0.1) is 0 Å². The minimum absolute atomic E-state index is 0.236. The summed E-state index contributed by atoms with van der Waals surface area (Å²) in [6.45, 7) is 2.46. The summed E-state index contributed by atoms with van der Waals surface area (Å²) in [5.74, 6) is -0.207. The highest BCUT2D eigenvalue weighted by atomic mass is 35.5. The fourth-order valence-electron chi connectivity index (χ4n) is 1.95. The van der Waals surface area contributed by atoms with Crippen LogP contribution in [0.5, 0.6) is 5.75 Å². The molecular formula is C17H16Cl2N2O3. The third-order valence-electron chi connectivity index (χ3n) is 3.00. The number of hydrogen-bond acceptors (Lipinski definition) is 3. The van der Waals surface area contributed by atoms with Gasteiger partial charge in [0.2, 0.25) is 11.8 Å². The molecule has 0 saturated carbocycles. The summed E-state index contributed by atoms with van der Waals surface area (Å²) in [5, 5.41) is 5.76. The van der Waals surface area contributed by atoms with Crippen LogP contribution in [0.15, 0.2) is 42.5 Å². The lowest BCUT2D eigenvalue weighted by Crippen LogP contribution is -2.21. The van der Waals surface area contributed by atoms with Gasteiger partial charge in [-0.1, -0.05) is 29.3 Å². The van der Waals surface area contributed by atoms with Crippen molar-refractivity contribution in [1.82, 2.24) is 0 Å². The molecule has 5 nitrogen and oxygen atoms in total. The molecule has 0 radical (unpaired) electrons. The van der Waals surface area contributed by atoms with Gasteiger partial charge in [0.05, 0.1) is 22.3 Å². The summed E-state index contributed by atoms with van der Waals surface area (Å²) in [5.41, 5.74) is 0.945. The van der Waals surface area contributed by atoms with E-state index in [1.165, 1.54) is 0 Å². The molecule has 0 saturated heterocycles. The van der Waals surface area contributed by atoms with E-state index in [4.69, 9.17) is 27.9 Å². The van der Waals surface area contributed by atoms with E-state index in [1.54, 1.807) is 42.5 Å². The van der Waals surface area contributed by atoms with Crippen molar-refractivity contribution in [2.45, 2.75) is 13.3 Å². The number of carbonyl (C=O) groups excluding carboxylic acids is 2. The molecule has 2 aromatic carbocycles. The smallest absolute Gasteiger partial charge is 0.233 e. The van der Waals surface area contributed by atoms with Gasteiger partial charge in [-0.3, -0.25) is 9.59 Å². The first-order chi connectivity index (χ1) is 11.5. The average molecular weight is 367 g/mol. The number of hydrogen-bond donors (Lipinski definition) is 2. The Hall–Kier alpha value is -2.24. The topological polar surface area (TPSA) is 67.4 Å². The lowest BCUT2D eigenvalue weighted by molar-refractivity contribution is -0.123. The molecule has 0 spiro atoms. The Bertz CT molecular complexity index is 733. The van der Waals surface area contributed by atoms with E-state index in [0.29, 0.717) is 28.8 Å². The standard InChI is InChI=1S/C17H16Cl2N2O3/c1-2-24-12-8-6-11(7-9-12)20-15(22)10-16(23)21-14-5-3-4-13(18)17(14)19/h3-9H,2,10H2,1H3,(H,20,22)(H,21,23). The number of benzene rings is 2. The van der Waals surface area contributed by atoms with Gasteiger partial charge < -0.3 is 15.4 Å². The van der Waals surface area contributed by atoms with Gasteiger partial charge in [-0.15, -0.1) is 0 Å². The second-order valence-corrected chi connectivity index (χ2v) is 5.62. The van der Waals surface area contributed by atoms with Crippen LogP contribution in [-0.4, -0.2) is 18.4 Å². The maximum absolute atomic E-state index is 11.9. The fraction of sp³-hybridized carbons (Fsp3) is 0.176. The molecule has 0 aliphatic rings. The zero-order valence-electron chi connectivity index (χ0n) is 12.9. The minimum atomic E-state index is -0.484. The van der Waals surface area contributed by atoms with Crippen LogP contribution in [0.4, 0.5) is 11.4 Å². The second-order valence-electron chi connectivity index (χ2n) is 4.83. The van der Waals surface area contributed by atoms with Gasteiger partial charge >= 0.3 is 0 Å². The number of ether oxygens (including phenoxy) is 1. The maximum atomic E-state index is 11.9. The maximum Gasteiger partial charge on any atom is 0.233 e. The second kappa shape index (κ2) is 8.57. The van der Waals surface area contributed by atoms with Crippen LogP contribution in [0.25, 0.3) is 0 Å². The van der Waals surface area contributed by atoms with E-state index in [1.807, 2.05) is 6.92 Å². The van der Waals surface area contributed by atoms with Crippen LogP contribution in [0.2, 0.25) is 10.0 Å². The molecule has 7 heteroatoms. The van der Waals surface area contributed by atoms with Crippen molar-refractivity contribution in [3.63, 3.8) is 0 Å². The number of carbonyl (C=O) groups is 2. The van der Waals surface area contributed by atoms with Crippen LogP contribution >= 0.6 is 23.2 Å². The quantitative estimate of drug-likeness (QED) is 0.746. The summed E-state index contributed by atoms with van der Waals surface area (Å²) in [7, 11) is 0. The third kappa shape index (κ3) is 5.15. The molecule has 0 fully saturated rings. The molecule has 0 atom stereocenters. The molecule has 2 N–H and O–H groups in total. The van der Waals surface area contributed by atoms with Gasteiger partial charge in [-0.25, -0.2) is 0 Å². The molecule has 2 amide bonds. The molecule has 2 rings (SSSR count). The number of amides is 2. The van der Waals surface area contributed by atoms with Gasteiger partial charge in [0.15, 0.2) is 0 Å². The summed E-state index contributed by atoms with van der Waals surface area (Å²) in [6, 6.07) is 11.8. The van der Waals surface area contributed by atoms with Crippen molar-refractivity contribution in [1.29, 1.82) is 0 Å². The van der Waals surface area contributed by atoms with E-state index in [-0.39, 0.29) is 11.4 Å². The Morgan fingerprint density at radius 3 is 2.33 bits per heavy atom. The van der Waals surface area contributed by atoms with Crippen LogP contribution in [0.1, 0.15) is 13.3 Å². The van der Waals surface area contributed by atoms with Gasteiger partial charge in [-0.05, 0) is 43.3 Å². The van der Waals surface area contributed by atoms with Crippen LogP contribution in [-0.2, 0) is 9.59 Å². The molecule has 126 valence electrons. The molecule has 2 aromatic rings. The molecule has 0 heterocycles. The molecule has 0 aromatic heterocycles. The predicted molar refractivity (Wildman–Crippen MR) is 95.9 cm³/mol. The Labute approximate surface area is 149 Å². The summed E-state index contributed by atoms with van der Waals surface area (Å²) in [4.78, 5) is 23.8. The molecule has 0 aliphatic carbocycles. The highest BCUT2D eigenvalue weighted by Crippen LogP contribution is 2.29. The highest BCUT2D eigenvalue weighted by molar-refractivity contribution is 6.44. The average Bonchev–Trinajstić information content (AvgIpc) is 2.54. The Balaban J connectivity index is 1.89. The Kier molecular flexibility index (Phi) is 6.46. The van der Waals surface area contributed by atoms with E-state index in [2.05, 4.69) is 10.6 Å². The van der Waals surface area contributed by atoms with Crippen molar-refractivity contribution in [3.05, 3.63) is 52.5 Å². The lowest BCUT2D eigenvalue weighted by atomic mass is 10.2. The van der Waals surface area contributed by atoms with Crippen molar-refractivity contribution in [2.75, 3.05) is 17.2 Å². The van der Waals surface area contributed by atoms with Crippen molar-refractivity contribution in [2.24, 2.45) is 0 Å². The zero-order chi connectivity index (χ0) is 17.5. The SMILES string of the molecule is CCOc1ccc(NC(=O)CC(=O)Nc2cccc(Cl)c2Cl)cc1. The number of halogens is 2. The monoisotopic (exact) mass is 366 g/mol. The third-order valence-corrected chi connectivity index (χ3v) is 3.81. The molecular weight excluding hydrogens is 351 g/mol. The predicted octanol–water partition coefficient (Wildman–Crippen LogP) is 4.36. The first-order valence-corrected chi connectivity index (χ1v) is 8.01. The largest absolute Gasteiger partial charge is 0.494 e. The molecule has 24 heavy (non-hydrogen) atoms. The van der Waals surface area contributed by atoms with E-state index in [0.717, 1.165) is 0 Å². The highest BCUT2D eigenvalue weighted by Gasteiger charge is 2.12. The van der Waals surface area contributed by atoms with E-state index < -0.39 is 11.8 Å². The van der Waals surface area contributed by atoms with Crippen molar-refractivity contribution in [3.8, 4) is 5.75 Å². The van der Waals surface area contributed by atoms with Crippen molar-refractivity contribution < 1.29 is 14.3 Å². The van der Waals surface area contributed by atoms with Crippen LogP contribution < -0.4 is 15.4 Å². The minimum Gasteiger partial charge on any atom is -0.494 e. The summed E-state index contributed by atoms with van der Waals surface area (Å²) < 4.78 is 5.32. The van der Waals surface area contributed by atoms with Gasteiger partial charge in [0.1, 0.15) is 12.2 Å². The first-order valence-electron chi connectivity index (χ1n) is 7.26. The van der Waals surface area contributed by atoms with Gasteiger partial charge in [0, 0.05) is 5.69 Å². The van der Waals surface area contributed by atoms with E-state index >= 15 is 0 Å². The number of anilines is 2. The Morgan fingerprint density at radius 2 is 1.67 bits per heavy atom. The Morgan fingerprint density at radius 1 is 1.00 bits per heavy atom. The zero-order valence-corrected chi connectivity index (χ0v) is 14.4. The number of rotatable bonds is 6. The lowest BCUT2D eigenvalue weighted by Gasteiger charge is -2.09. The summed E-state index contributed by atoms with van der Waals surface area (Å²) in [6.07, 6.45) is -0.337. The van der Waals surface area contributed by atoms with Gasteiger partial charge in [0.25, 0.3) is 0 Å². The fourth-order valence-corrected chi connectivity index (χ4v) is 2.29. The number of nitrogens with one attached hydrogen (secondary N) is 2. The molecule has 0 bridgehead atoms. The molecule has 0 aliphatic heterocycles. The van der Waals surface area contributed by atoms with Crippen LogP contribution in [0.3, 0.4) is 0 Å². The summed E-state index contributed by atoms with van der Waals surface area (Å²) >= 11 is 11.9. The molecule has 0 unspecified atom stereocenters. The first kappa shape index (κ1) is 18.1. The van der Waals surface area contributed by atoms with Gasteiger partial charge in [-0.2, -0.15) is 0 Å².